The minimum absolute atomic E-state index is 0.251. The average molecular weight is 237 g/mol. The minimum atomic E-state index is -0.295. The zero-order chi connectivity index (χ0) is 12.7. The molecule has 0 aliphatic rings. The molecule has 0 N–H and O–H groups in total. The Balaban J connectivity index is 2.43. The fraction of sp³-hybridized carbons (Fsp3) is 0.583. The van der Waals surface area contributed by atoms with E-state index in [0.29, 0.717) is 6.61 Å². The van der Waals surface area contributed by atoms with Crippen LogP contribution in [0.25, 0.3) is 0 Å². The number of carbonyl (C=O) groups excluding carboxylic acids is 1. The molecule has 0 aliphatic heterocycles. The number of rotatable bonds is 6. The van der Waals surface area contributed by atoms with Crippen molar-refractivity contribution in [2.24, 2.45) is 0 Å². The average Bonchev–Trinajstić information content (AvgIpc) is 2.77. The van der Waals surface area contributed by atoms with Gasteiger partial charge in [-0.25, -0.2) is 4.79 Å². The van der Waals surface area contributed by atoms with Crippen molar-refractivity contribution in [1.29, 1.82) is 0 Å². The third-order valence-electron chi connectivity index (χ3n) is 2.42. The van der Waals surface area contributed by atoms with Gasteiger partial charge in [-0.15, -0.1) is 5.10 Å². The zero-order valence-corrected chi connectivity index (χ0v) is 10.6. The van der Waals surface area contributed by atoms with Crippen LogP contribution in [-0.2, 0) is 16.1 Å². The molecule has 1 aromatic rings. The maximum Gasteiger partial charge on any atom is 0.330 e. The van der Waals surface area contributed by atoms with Crippen molar-refractivity contribution in [1.82, 2.24) is 15.0 Å². The summed E-state index contributed by atoms with van der Waals surface area (Å²) in [5, 5.41) is 8.06. The number of hydrogen-bond acceptors (Lipinski definition) is 4. The zero-order valence-electron chi connectivity index (χ0n) is 10.6. The van der Waals surface area contributed by atoms with E-state index in [1.165, 1.54) is 6.08 Å². The smallest absolute Gasteiger partial charge is 0.330 e. The first-order valence-electron chi connectivity index (χ1n) is 5.90. The van der Waals surface area contributed by atoms with Crippen LogP contribution in [0, 0.1) is 0 Å². The van der Waals surface area contributed by atoms with Crippen LogP contribution < -0.4 is 0 Å². The van der Waals surface area contributed by atoms with Crippen molar-refractivity contribution in [3.05, 3.63) is 24.0 Å². The summed E-state index contributed by atoms with van der Waals surface area (Å²) in [4.78, 5) is 11.1. The number of nitrogens with zero attached hydrogens (tertiary/aromatic N) is 3. The summed E-state index contributed by atoms with van der Waals surface area (Å²) in [5.74, 6) is -0.0436. The van der Waals surface area contributed by atoms with Gasteiger partial charge in [0.2, 0.25) is 0 Å². The van der Waals surface area contributed by atoms with Crippen molar-refractivity contribution < 1.29 is 9.53 Å². The Labute approximate surface area is 101 Å². The normalized spacial score (nSPS) is 12.9. The molecule has 5 heteroatoms. The van der Waals surface area contributed by atoms with Crippen LogP contribution in [0.2, 0.25) is 0 Å². The Morgan fingerprint density at radius 3 is 2.94 bits per heavy atom. The quantitative estimate of drug-likeness (QED) is 0.560. The van der Waals surface area contributed by atoms with Gasteiger partial charge in [-0.1, -0.05) is 18.2 Å². The molecule has 0 amide bonds. The van der Waals surface area contributed by atoms with Crippen molar-refractivity contribution in [3.63, 3.8) is 0 Å². The summed E-state index contributed by atoms with van der Waals surface area (Å²) in [6, 6.07) is 0. The summed E-state index contributed by atoms with van der Waals surface area (Å²) in [5.41, 5.74) is 0.945. The second-order valence-corrected chi connectivity index (χ2v) is 3.79. The molecule has 0 saturated heterocycles. The molecule has 17 heavy (non-hydrogen) atoms. The Bertz CT molecular complexity index is 385. The summed E-state index contributed by atoms with van der Waals surface area (Å²) in [7, 11) is 0. The third-order valence-corrected chi connectivity index (χ3v) is 2.42. The molecule has 1 unspecified atom stereocenters. The van der Waals surface area contributed by atoms with Crippen molar-refractivity contribution in [2.75, 3.05) is 6.61 Å². The lowest BCUT2D eigenvalue weighted by atomic mass is 10.0. The number of esters is 1. The van der Waals surface area contributed by atoms with Gasteiger partial charge in [-0.05, 0) is 20.3 Å². The van der Waals surface area contributed by atoms with E-state index in [-0.39, 0.29) is 11.9 Å². The van der Waals surface area contributed by atoms with Crippen LogP contribution in [0.3, 0.4) is 0 Å². The monoisotopic (exact) mass is 237 g/mol. The van der Waals surface area contributed by atoms with Gasteiger partial charge >= 0.3 is 5.97 Å². The van der Waals surface area contributed by atoms with Gasteiger partial charge in [0, 0.05) is 24.7 Å². The van der Waals surface area contributed by atoms with Crippen molar-refractivity contribution in [2.45, 2.75) is 39.7 Å². The minimum Gasteiger partial charge on any atom is -0.463 e. The van der Waals surface area contributed by atoms with E-state index in [1.807, 2.05) is 19.2 Å². The summed E-state index contributed by atoms with van der Waals surface area (Å²) in [6.07, 6.45) is 5.96. The molecule has 5 nitrogen and oxygen atoms in total. The molecule has 0 radical (unpaired) electrons. The van der Waals surface area contributed by atoms with E-state index in [0.717, 1.165) is 18.7 Å². The Hall–Kier alpha value is -1.65. The van der Waals surface area contributed by atoms with Crippen molar-refractivity contribution in [3.8, 4) is 0 Å². The van der Waals surface area contributed by atoms with E-state index in [4.69, 9.17) is 4.74 Å². The fourth-order valence-electron chi connectivity index (χ4n) is 1.37. The predicted molar refractivity (Wildman–Crippen MR) is 64.5 cm³/mol. The molecule has 1 rings (SSSR count). The highest BCUT2D eigenvalue weighted by molar-refractivity contribution is 5.81. The Kier molecular flexibility index (Phi) is 5.39. The number of hydrogen-bond donors (Lipinski definition) is 0. The third kappa shape index (κ3) is 4.38. The molecule has 0 aromatic carbocycles. The summed E-state index contributed by atoms with van der Waals surface area (Å²) in [6.45, 7) is 7.09. The maximum absolute atomic E-state index is 11.1. The van der Waals surface area contributed by atoms with Crippen LogP contribution in [0.4, 0.5) is 0 Å². The molecule has 1 atom stereocenters. The summed E-state index contributed by atoms with van der Waals surface area (Å²) < 4.78 is 6.59. The molecule has 0 aliphatic carbocycles. The molecule has 0 saturated carbocycles. The van der Waals surface area contributed by atoms with Crippen LogP contribution in [0.5, 0.6) is 0 Å². The number of allylic oxidation sites excluding steroid dienone is 1. The standard InChI is InChI=1S/C12H19N3O2/c1-4-15-9-11(13-14-15)10(3)7-6-8-12(16)17-5-2/h6,8-10H,4-5,7H2,1-3H3. The highest BCUT2D eigenvalue weighted by Gasteiger charge is 2.08. The van der Waals surface area contributed by atoms with Gasteiger partial charge < -0.3 is 4.74 Å². The first-order chi connectivity index (χ1) is 8.17. The highest BCUT2D eigenvalue weighted by Crippen LogP contribution is 2.16. The van der Waals surface area contributed by atoms with Gasteiger partial charge in [-0.3, -0.25) is 4.68 Å². The van der Waals surface area contributed by atoms with E-state index in [2.05, 4.69) is 17.2 Å². The molecule has 0 fully saturated rings. The number of carbonyl (C=O) groups is 1. The highest BCUT2D eigenvalue weighted by atomic mass is 16.5. The molecule has 94 valence electrons. The van der Waals surface area contributed by atoms with Crippen molar-refractivity contribution >= 4 is 5.97 Å². The molecular weight excluding hydrogens is 218 g/mol. The fourth-order valence-corrected chi connectivity index (χ4v) is 1.37. The lowest BCUT2D eigenvalue weighted by Crippen LogP contribution is -1.99. The van der Waals surface area contributed by atoms with E-state index < -0.39 is 0 Å². The second kappa shape index (κ2) is 6.83. The Morgan fingerprint density at radius 1 is 1.59 bits per heavy atom. The van der Waals surface area contributed by atoms with Crippen LogP contribution in [0.1, 0.15) is 38.8 Å². The molecule has 1 heterocycles. The lowest BCUT2D eigenvalue weighted by molar-refractivity contribution is -0.137. The number of ether oxygens (including phenoxy) is 1. The van der Waals surface area contributed by atoms with Gasteiger partial charge in [0.1, 0.15) is 0 Å². The van der Waals surface area contributed by atoms with Gasteiger partial charge in [0.25, 0.3) is 0 Å². The summed E-state index contributed by atoms with van der Waals surface area (Å²) >= 11 is 0. The molecule has 0 spiro atoms. The second-order valence-electron chi connectivity index (χ2n) is 3.79. The van der Waals surface area contributed by atoms with E-state index in [9.17, 15) is 4.79 Å². The van der Waals surface area contributed by atoms with Gasteiger partial charge in [-0.2, -0.15) is 0 Å². The van der Waals surface area contributed by atoms with E-state index in [1.54, 1.807) is 11.6 Å². The SMILES string of the molecule is CCOC(=O)C=CCC(C)c1cn(CC)nn1. The molecule has 0 bridgehead atoms. The first kappa shape index (κ1) is 13.4. The number of aryl methyl sites for hydroxylation is 1. The van der Waals surface area contributed by atoms with Gasteiger partial charge in [0.15, 0.2) is 0 Å². The molecular formula is C12H19N3O2. The van der Waals surface area contributed by atoms with Crippen LogP contribution in [-0.4, -0.2) is 27.6 Å². The number of aromatic nitrogens is 3. The van der Waals surface area contributed by atoms with Gasteiger partial charge in [0.05, 0.1) is 12.3 Å². The van der Waals surface area contributed by atoms with E-state index >= 15 is 0 Å². The van der Waals surface area contributed by atoms with Crippen LogP contribution >= 0.6 is 0 Å². The first-order valence-corrected chi connectivity index (χ1v) is 5.90. The largest absolute Gasteiger partial charge is 0.463 e. The van der Waals surface area contributed by atoms with Crippen LogP contribution in [0.15, 0.2) is 18.3 Å². The molecule has 1 aromatic heterocycles. The lowest BCUT2D eigenvalue weighted by Gasteiger charge is -2.02. The maximum atomic E-state index is 11.1. The Morgan fingerprint density at radius 2 is 2.35 bits per heavy atom. The topological polar surface area (TPSA) is 57.0 Å². The predicted octanol–water partition coefficient (Wildman–Crippen LogP) is 1.91.